The molecule has 0 saturated carbocycles. The third-order valence-electron chi connectivity index (χ3n) is 4.16. The van der Waals surface area contributed by atoms with E-state index in [2.05, 4.69) is 22.9 Å². The molecule has 0 bridgehead atoms. The summed E-state index contributed by atoms with van der Waals surface area (Å²) >= 11 is 3.34. The van der Waals surface area contributed by atoms with Crippen LogP contribution in [0.1, 0.15) is 38.2 Å². The van der Waals surface area contributed by atoms with E-state index in [1.165, 1.54) is 0 Å². The second-order valence-electron chi connectivity index (χ2n) is 5.81. The van der Waals surface area contributed by atoms with Gasteiger partial charge in [-0.25, -0.2) is 9.18 Å². The van der Waals surface area contributed by atoms with Crippen LogP contribution in [0.5, 0.6) is 0 Å². The SMILES string of the molecule is CCCCCCc1ccc2c(oc(=O)c3cc(Br)ccc32)c1F. The van der Waals surface area contributed by atoms with Crippen molar-refractivity contribution in [1.82, 2.24) is 0 Å². The number of aryl methyl sites for hydroxylation is 1. The number of hydrogen-bond acceptors (Lipinski definition) is 2. The lowest BCUT2D eigenvalue weighted by molar-refractivity contribution is 0.522. The number of halogens is 2. The van der Waals surface area contributed by atoms with Gasteiger partial charge in [-0.05, 0) is 30.5 Å². The highest BCUT2D eigenvalue weighted by Crippen LogP contribution is 2.29. The summed E-state index contributed by atoms with van der Waals surface area (Å²) in [5.74, 6) is -0.402. The Morgan fingerprint density at radius 1 is 1.04 bits per heavy atom. The van der Waals surface area contributed by atoms with Crippen LogP contribution >= 0.6 is 15.9 Å². The maximum atomic E-state index is 14.7. The van der Waals surface area contributed by atoms with Crippen LogP contribution in [0.4, 0.5) is 4.39 Å². The molecule has 4 heteroatoms. The molecule has 2 nitrogen and oxygen atoms in total. The van der Waals surface area contributed by atoms with Crippen molar-refractivity contribution >= 4 is 37.7 Å². The molecule has 0 atom stereocenters. The summed E-state index contributed by atoms with van der Waals surface area (Å²) in [4.78, 5) is 12.2. The molecule has 0 amide bonds. The Bertz CT molecular complexity index is 915. The molecule has 23 heavy (non-hydrogen) atoms. The van der Waals surface area contributed by atoms with E-state index in [1.807, 2.05) is 24.3 Å². The van der Waals surface area contributed by atoms with Crippen LogP contribution in [-0.4, -0.2) is 0 Å². The first-order chi connectivity index (χ1) is 11.1. The van der Waals surface area contributed by atoms with Gasteiger partial charge >= 0.3 is 5.63 Å². The molecule has 0 unspecified atom stereocenters. The molecule has 1 heterocycles. The largest absolute Gasteiger partial charge is 0.419 e. The smallest absolute Gasteiger partial charge is 0.344 e. The normalized spacial score (nSPS) is 11.4. The van der Waals surface area contributed by atoms with E-state index in [-0.39, 0.29) is 5.58 Å². The van der Waals surface area contributed by atoms with Gasteiger partial charge in [-0.3, -0.25) is 0 Å². The van der Waals surface area contributed by atoms with Gasteiger partial charge in [0.05, 0.1) is 5.39 Å². The molecule has 0 saturated heterocycles. The van der Waals surface area contributed by atoms with Crippen LogP contribution in [0.2, 0.25) is 0 Å². The van der Waals surface area contributed by atoms with Gasteiger partial charge in [-0.15, -0.1) is 0 Å². The Balaban J connectivity index is 2.09. The molecule has 0 radical (unpaired) electrons. The predicted octanol–water partition coefficient (Wildman–Crippen LogP) is 5.97. The van der Waals surface area contributed by atoms with Gasteiger partial charge in [0, 0.05) is 15.2 Å². The van der Waals surface area contributed by atoms with Crippen LogP contribution < -0.4 is 5.63 Å². The fraction of sp³-hybridized carbons (Fsp3) is 0.316. The molecule has 3 rings (SSSR count). The van der Waals surface area contributed by atoms with Crippen molar-refractivity contribution in [3.8, 4) is 0 Å². The summed E-state index contributed by atoms with van der Waals surface area (Å²) in [5, 5.41) is 1.82. The summed E-state index contributed by atoms with van der Waals surface area (Å²) in [7, 11) is 0. The number of rotatable bonds is 5. The molecule has 0 aliphatic rings. The maximum Gasteiger partial charge on any atom is 0.344 e. The van der Waals surface area contributed by atoms with Crippen molar-refractivity contribution in [2.24, 2.45) is 0 Å². The molecule has 2 aromatic carbocycles. The first-order valence-electron chi connectivity index (χ1n) is 7.95. The van der Waals surface area contributed by atoms with Crippen molar-refractivity contribution in [3.05, 3.63) is 56.6 Å². The summed E-state index contributed by atoms with van der Waals surface area (Å²) < 4.78 is 20.8. The Morgan fingerprint density at radius 3 is 2.61 bits per heavy atom. The quantitative estimate of drug-likeness (QED) is 0.312. The van der Waals surface area contributed by atoms with E-state index in [4.69, 9.17) is 4.42 Å². The minimum Gasteiger partial charge on any atom is -0.419 e. The third kappa shape index (κ3) is 3.18. The number of benzene rings is 2. The topological polar surface area (TPSA) is 30.2 Å². The molecule has 0 spiro atoms. The first-order valence-corrected chi connectivity index (χ1v) is 8.74. The maximum absolute atomic E-state index is 14.7. The van der Waals surface area contributed by atoms with Crippen LogP contribution in [-0.2, 0) is 6.42 Å². The highest BCUT2D eigenvalue weighted by atomic mass is 79.9. The van der Waals surface area contributed by atoms with E-state index in [9.17, 15) is 9.18 Å². The van der Waals surface area contributed by atoms with Gasteiger partial charge in [0.15, 0.2) is 11.4 Å². The summed E-state index contributed by atoms with van der Waals surface area (Å²) in [6.07, 6.45) is 5.01. The van der Waals surface area contributed by atoms with Gasteiger partial charge < -0.3 is 4.42 Å². The van der Waals surface area contributed by atoms with Gasteiger partial charge in [-0.2, -0.15) is 0 Å². The van der Waals surface area contributed by atoms with Gasteiger partial charge in [0.2, 0.25) is 0 Å². The Hall–Kier alpha value is -1.68. The van der Waals surface area contributed by atoms with Crippen molar-refractivity contribution in [2.45, 2.75) is 39.0 Å². The van der Waals surface area contributed by atoms with Crippen LogP contribution in [0.25, 0.3) is 21.7 Å². The number of hydrogen-bond donors (Lipinski definition) is 0. The highest BCUT2D eigenvalue weighted by Gasteiger charge is 2.14. The third-order valence-corrected chi connectivity index (χ3v) is 4.66. The lowest BCUT2D eigenvalue weighted by atomic mass is 10.0. The standard InChI is InChI=1S/C19H18BrFO2/c1-2-3-4-5-6-12-7-9-15-14-10-8-13(20)11-16(14)19(22)23-18(15)17(12)21/h7-11H,2-6H2,1H3. The zero-order chi connectivity index (χ0) is 16.4. The average Bonchev–Trinajstić information content (AvgIpc) is 2.54. The number of fused-ring (bicyclic) bond motifs is 3. The minimum absolute atomic E-state index is 0.0674. The number of unbranched alkanes of at least 4 members (excludes halogenated alkanes) is 3. The van der Waals surface area contributed by atoms with E-state index in [0.717, 1.165) is 35.5 Å². The zero-order valence-electron chi connectivity index (χ0n) is 13.0. The van der Waals surface area contributed by atoms with Crippen molar-refractivity contribution in [1.29, 1.82) is 0 Å². The molecule has 1 aromatic heterocycles. The van der Waals surface area contributed by atoms with Crippen LogP contribution in [0.15, 0.2) is 44.0 Å². The lowest BCUT2D eigenvalue weighted by Crippen LogP contribution is -2.02. The monoisotopic (exact) mass is 376 g/mol. The van der Waals surface area contributed by atoms with Gasteiger partial charge in [-0.1, -0.05) is 60.3 Å². The Kier molecular flexibility index (Phi) is 4.81. The van der Waals surface area contributed by atoms with E-state index < -0.39 is 11.4 Å². The molecular formula is C19H18BrFO2. The second-order valence-corrected chi connectivity index (χ2v) is 6.72. The van der Waals surface area contributed by atoms with Gasteiger partial charge in [0.25, 0.3) is 0 Å². The summed E-state index contributed by atoms with van der Waals surface area (Å²) in [6.45, 7) is 2.15. The fourth-order valence-electron chi connectivity index (χ4n) is 2.91. The molecule has 0 fully saturated rings. The Morgan fingerprint density at radius 2 is 1.83 bits per heavy atom. The highest BCUT2D eigenvalue weighted by molar-refractivity contribution is 9.10. The Labute approximate surface area is 142 Å². The summed E-state index contributed by atoms with van der Waals surface area (Å²) in [5.41, 5.74) is 0.182. The van der Waals surface area contributed by atoms with Crippen LogP contribution in [0, 0.1) is 5.82 Å². The zero-order valence-corrected chi connectivity index (χ0v) is 14.6. The molecule has 0 N–H and O–H groups in total. The fourth-order valence-corrected chi connectivity index (χ4v) is 3.27. The van der Waals surface area contributed by atoms with Crippen molar-refractivity contribution in [2.75, 3.05) is 0 Å². The van der Waals surface area contributed by atoms with Crippen molar-refractivity contribution < 1.29 is 8.81 Å². The van der Waals surface area contributed by atoms with Gasteiger partial charge in [0.1, 0.15) is 0 Å². The first kappa shape index (κ1) is 16.2. The molecular weight excluding hydrogens is 359 g/mol. The van der Waals surface area contributed by atoms with E-state index in [0.29, 0.717) is 22.8 Å². The summed E-state index contributed by atoms with van der Waals surface area (Å²) in [6, 6.07) is 9.03. The van der Waals surface area contributed by atoms with E-state index in [1.54, 1.807) is 6.07 Å². The van der Waals surface area contributed by atoms with Crippen LogP contribution in [0.3, 0.4) is 0 Å². The van der Waals surface area contributed by atoms with E-state index >= 15 is 0 Å². The molecule has 120 valence electrons. The van der Waals surface area contributed by atoms with Crippen molar-refractivity contribution in [3.63, 3.8) is 0 Å². The molecule has 0 aliphatic carbocycles. The molecule has 3 aromatic rings. The molecule has 0 aliphatic heterocycles. The average molecular weight is 377 g/mol. The second kappa shape index (κ2) is 6.83. The lowest BCUT2D eigenvalue weighted by Gasteiger charge is -2.08. The minimum atomic E-state index is -0.504. The predicted molar refractivity (Wildman–Crippen MR) is 95.5 cm³/mol.